The van der Waals surface area contributed by atoms with Crippen LogP contribution in [-0.2, 0) is 26.1 Å². The molecule has 0 unspecified atom stereocenters. The first-order chi connectivity index (χ1) is 13.7. The number of ether oxygens (including phenoxy) is 1. The molecule has 0 bridgehead atoms. The highest BCUT2D eigenvalue weighted by molar-refractivity contribution is 5.96. The van der Waals surface area contributed by atoms with Gasteiger partial charge in [0.05, 0.1) is 6.20 Å². The fourth-order valence-electron chi connectivity index (χ4n) is 3.24. The Hall–Kier alpha value is -3.25. The van der Waals surface area contributed by atoms with Crippen LogP contribution in [0.2, 0.25) is 0 Å². The van der Waals surface area contributed by atoms with Crippen molar-refractivity contribution in [2.75, 3.05) is 6.54 Å². The van der Waals surface area contributed by atoms with E-state index in [9.17, 15) is 9.59 Å². The molecule has 28 heavy (non-hydrogen) atoms. The summed E-state index contributed by atoms with van der Waals surface area (Å²) in [5.74, 6) is 0.248. The number of aromatic nitrogens is 2. The molecule has 4 rings (SSSR count). The Morgan fingerprint density at radius 2 is 1.96 bits per heavy atom. The predicted molar refractivity (Wildman–Crippen MR) is 105 cm³/mol. The van der Waals surface area contributed by atoms with Gasteiger partial charge >= 0.3 is 0 Å². The Kier molecular flexibility index (Phi) is 5.30. The average molecular weight is 375 g/mol. The zero-order valence-corrected chi connectivity index (χ0v) is 15.4. The molecule has 0 aliphatic carbocycles. The van der Waals surface area contributed by atoms with Crippen LogP contribution in [0.5, 0.6) is 5.75 Å². The Balaban J connectivity index is 1.43. The lowest BCUT2D eigenvalue weighted by molar-refractivity contribution is 0.0965. The third kappa shape index (κ3) is 4.18. The quantitative estimate of drug-likeness (QED) is 0.670. The molecule has 0 radical (unpaired) electrons. The van der Waals surface area contributed by atoms with Crippen molar-refractivity contribution in [3.05, 3.63) is 93.4 Å². The van der Waals surface area contributed by atoms with Gasteiger partial charge in [0.1, 0.15) is 18.9 Å². The molecule has 0 amide bonds. The SMILES string of the molecule is O=C(Cn1ncc(OCc2ccccc2)cc1=O)c1ccc2c(c1)CNCC2. The summed E-state index contributed by atoms with van der Waals surface area (Å²) in [6, 6.07) is 16.8. The molecule has 142 valence electrons. The van der Waals surface area contributed by atoms with E-state index in [4.69, 9.17) is 4.74 Å². The van der Waals surface area contributed by atoms with E-state index in [1.807, 2.05) is 48.5 Å². The summed E-state index contributed by atoms with van der Waals surface area (Å²) in [7, 11) is 0. The molecule has 2 heterocycles. The first-order valence-electron chi connectivity index (χ1n) is 9.29. The molecule has 0 saturated carbocycles. The summed E-state index contributed by atoms with van der Waals surface area (Å²) in [5.41, 5.74) is 3.65. The highest BCUT2D eigenvalue weighted by Crippen LogP contribution is 2.16. The van der Waals surface area contributed by atoms with E-state index in [1.54, 1.807) is 0 Å². The third-order valence-corrected chi connectivity index (χ3v) is 4.80. The van der Waals surface area contributed by atoms with E-state index >= 15 is 0 Å². The van der Waals surface area contributed by atoms with E-state index in [0.717, 1.165) is 35.3 Å². The minimum absolute atomic E-state index is 0.0932. The van der Waals surface area contributed by atoms with E-state index in [1.165, 1.54) is 17.8 Å². The lowest BCUT2D eigenvalue weighted by atomic mass is 9.97. The van der Waals surface area contributed by atoms with Gasteiger partial charge < -0.3 is 10.1 Å². The number of nitrogens with one attached hydrogen (secondary N) is 1. The van der Waals surface area contributed by atoms with Crippen LogP contribution in [0.4, 0.5) is 0 Å². The number of hydrogen-bond donors (Lipinski definition) is 1. The van der Waals surface area contributed by atoms with E-state index in [-0.39, 0.29) is 17.9 Å². The smallest absolute Gasteiger partial charge is 0.270 e. The molecule has 1 aromatic heterocycles. The van der Waals surface area contributed by atoms with Gasteiger partial charge in [0, 0.05) is 18.2 Å². The van der Waals surface area contributed by atoms with Crippen LogP contribution < -0.4 is 15.6 Å². The van der Waals surface area contributed by atoms with Gasteiger partial charge in [-0.15, -0.1) is 0 Å². The second kappa shape index (κ2) is 8.19. The van der Waals surface area contributed by atoms with Gasteiger partial charge in [0.2, 0.25) is 0 Å². The minimum Gasteiger partial charge on any atom is -0.487 e. The number of carbonyl (C=O) groups excluding carboxylic acids is 1. The van der Waals surface area contributed by atoms with Crippen LogP contribution >= 0.6 is 0 Å². The van der Waals surface area contributed by atoms with Crippen molar-refractivity contribution in [1.29, 1.82) is 0 Å². The lowest BCUT2D eigenvalue weighted by Gasteiger charge is -2.17. The molecule has 0 fully saturated rings. The molecule has 2 aromatic carbocycles. The van der Waals surface area contributed by atoms with Gasteiger partial charge in [0.15, 0.2) is 5.78 Å². The van der Waals surface area contributed by atoms with Crippen LogP contribution in [0.3, 0.4) is 0 Å². The largest absolute Gasteiger partial charge is 0.487 e. The molecule has 1 N–H and O–H groups in total. The molecular weight excluding hydrogens is 354 g/mol. The van der Waals surface area contributed by atoms with Crippen molar-refractivity contribution in [3.8, 4) is 5.75 Å². The van der Waals surface area contributed by atoms with Gasteiger partial charge in [-0.1, -0.05) is 42.5 Å². The number of rotatable bonds is 6. The second-order valence-corrected chi connectivity index (χ2v) is 6.79. The summed E-state index contributed by atoms with van der Waals surface area (Å²) in [6.45, 7) is 1.98. The highest BCUT2D eigenvalue weighted by Gasteiger charge is 2.14. The van der Waals surface area contributed by atoms with Crippen molar-refractivity contribution in [3.63, 3.8) is 0 Å². The molecule has 6 heteroatoms. The van der Waals surface area contributed by atoms with Gasteiger partial charge in [-0.3, -0.25) is 9.59 Å². The van der Waals surface area contributed by atoms with Gasteiger partial charge in [-0.25, -0.2) is 4.68 Å². The molecule has 0 spiro atoms. The van der Waals surface area contributed by atoms with Crippen molar-refractivity contribution in [2.24, 2.45) is 0 Å². The number of fused-ring (bicyclic) bond motifs is 1. The maximum atomic E-state index is 12.6. The van der Waals surface area contributed by atoms with Crippen LogP contribution in [0, 0.1) is 0 Å². The van der Waals surface area contributed by atoms with Crippen molar-refractivity contribution in [1.82, 2.24) is 15.1 Å². The number of Topliss-reactive ketones (excluding diaryl/α,β-unsaturated/α-hetero) is 1. The molecule has 1 aliphatic rings. The Morgan fingerprint density at radius 1 is 1.11 bits per heavy atom. The first kappa shape index (κ1) is 18.1. The molecule has 0 saturated heterocycles. The zero-order chi connectivity index (χ0) is 19.3. The first-order valence-corrected chi connectivity index (χ1v) is 9.29. The van der Waals surface area contributed by atoms with Crippen molar-refractivity contribution in [2.45, 2.75) is 26.1 Å². The maximum Gasteiger partial charge on any atom is 0.270 e. The lowest BCUT2D eigenvalue weighted by Crippen LogP contribution is -2.27. The molecule has 0 atom stereocenters. The van der Waals surface area contributed by atoms with Gasteiger partial charge in [0.25, 0.3) is 5.56 Å². The average Bonchev–Trinajstić information content (AvgIpc) is 2.74. The summed E-state index contributed by atoms with van der Waals surface area (Å²) < 4.78 is 6.77. The summed E-state index contributed by atoms with van der Waals surface area (Å²) >= 11 is 0. The van der Waals surface area contributed by atoms with Crippen molar-refractivity contribution < 1.29 is 9.53 Å². The predicted octanol–water partition coefficient (Wildman–Crippen LogP) is 2.35. The summed E-state index contributed by atoms with van der Waals surface area (Å²) in [5, 5.41) is 7.39. The van der Waals surface area contributed by atoms with Gasteiger partial charge in [-0.2, -0.15) is 5.10 Å². The standard InChI is InChI=1S/C22H21N3O3/c26-21(18-7-6-17-8-9-23-12-19(17)10-18)14-25-22(27)11-20(13-24-25)28-15-16-4-2-1-3-5-16/h1-7,10-11,13,23H,8-9,12,14-15H2. The van der Waals surface area contributed by atoms with Crippen molar-refractivity contribution >= 4 is 5.78 Å². The molecule has 1 aliphatic heterocycles. The Bertz CT molecular complexity index is 1040. The minimum atomic E-state index is -0.362. The fourth-order valence-corrected chi connectivity index (χ4v) is 3.24. The Labute approximate surface area is 162 Å². The van der Waals surface area contributed by atoms with Crippen LogP contribution in [0.1, 0.15) is 27.0 Å². The topological polar surface area (TPSA) is 73.2 Å². The monoisotopic (exact) mass is 375 g/mol. The van der Waals surface area contributed by atoms with Crippen LogP contribution in [0.25, 0.3) is 0 Å². The number of benzene rings is 2. The molecule has 6 nitrogen and oxygen atoms in total. The summed E-state index contributed by atoms with van der Waals surface area (Å²) in [6.07, 6.45) is 2.43. The second-order valence-electron chi connectivity index (χ2n) is 6.79. The maximum absolute atomic E-state index is 12.6. The summed E-state index contributed by atoms with van der Waals surface area (Å²) in [4.78, 5) is 24.9. The molecule has 3 aromatic rings. The van der Waals surface area contributed by atoms with Crippen LogP contribution in [-0.4, -0.2) is 22.1 Å². The highest BCUT2D eigenvalue weighted by atomic mass is 16.5. The van der Waals surface area contributed by atoms with E-state index in [2.05, 4.69) is 10.4 Å². The zero-order valence-electron chi connectivity index (χ0n) is 15.4. The number of hydrogen-bond acceptors (Lipinski definition) is 5. The fraction of sp³-hybridized carbons (Fsp3) is 0.227. The number of ketones is 1. The van der Waals surface area contributed by atoms with Gasteiger partial charge in [-0.05, 0) is 35.7 Å². The van der Waals surface area contributed by atoms with E-state index in [0.29, 0.717) is 17.9 Å². The van der Waals surface area contributed by atoms with Crippen LogP contribution in [0.15, 0.2) is 65.6 Å². The third-order valence-electron chi connectivity index (χ3n) is 4.80. The number of nitrogens with zero attached hydrogens (tertiary/aromatic N) is 2. The molecular formula is C22H21N3O3. The van der Waals surface area contributed by atoms with E-state index < -0.39 is 0 Å². The normalized spacial score (nSPS) is 13.0. The Morgan fingerprint density at radius 3 is 2.79 bits per heavy atom. The number of carbonyl (C=O) groups is 1.